The van der Waals surface area contributed by atoms with E-state index in [0.29, 0.717) is 10.8 Å². The molecule has 0 bridgehead atoms. The predicted molar refractivity (Wildman–Crippen MR) is 106 cm³/mol. The Bertz CT molecular complexity index is 1040. The quantitative estimate of drug-likeness (QED) is 0.485. The lowest BCUT2D eigenvalue weighted by atomic mass is 10.1. The van der Waals surface area contributed by atoms with Gasteiger partial charge in [-0.15, -0.1) is 5.10 Å². The maximum absolute atomic E-state index is 13.4. The zero-order chi connectivity index (χ0) is 20.1. The molecule has 1 amide bonds. The second-order valence-electron chi connectivity index (χ2n) is 5.82. The Labute approximate surface area is 169 Å². The van der Waals surface area contributed by atoms with E-state index >= 15 is 0 Å². The first-order valence-electron chi connectivity index (χ1n) is 8.12. The van der Waals surface area contributed by atoms with E-state index in [4.69, 9.17) is 5.26 Å². The summed E-state index contributed by atoms with van der Waals surface area (Å²) >= 11 is 2.23. The summed E-state index contributed by atoms with van der Waals surface area (Å²) in [4.78, 5) is 13.2. The van der Waals surface area contributed by atoms with Crippen molar-refractivity contribution in [1.82, 2.24) is 20.2 Å². The lowest BCUT2D eigenvalue weighted by Crippen LogP contribution is -2.16. The monoisotopic (exact) mass is 414 g/mol. The summed E-state index contributed by atoms with van der Waals surface area (Å²) in [6.07, 6.45) is 0. The van der Waals surface area contributed by atoms with E-state index in [1.54, 1.807) is 12.1 Å². The molecule has 0 fully saturated rings. The topological polar surface area (TPSA) is 96.5 Å². The zero-order valence-corrected chi connectivity index (χ0v) is 16.6. The number of benzene rings is 2. The molecule has 0 atom stereocenters. The zero-order valence-electron chi connectivity index (χ0n) is 15.0. The van der Waals surface area contributed by atoms with Crippen LogP contribution in [0, 0.1) is 30.3 Å². The number of hydrogen-bond donors (Lipinski definition) is 1. The van der Waals surface area contributed by atoms with Crippen LogP contribution in [-0.4, -0.2) is 31.9 Å². The van der Waals surface area contributed by atoms with Crippen LogP contribution in [0.15, 0.2) is 46.5 Å². The number of hydrogen-bond acceptors (Lipinski definition) is 7. The van der Waals surface area contributed by atoms with Crippen molar-refractivity contribution in [3.05, 3.63) is 53.3 Å². The van der Waals surface area contributed by atoms with Gasteiger partial charge in [-0.2, -0.15) is 9.94 Å². The standard InChI is InChI=1S/C18H15FN6OS2/c1-11-6-15(28-10-20)7-12(2)17(11)21-16(26)9-27-18-22-23-24-25(18)14-5-3-4-13(19)8-14/h3-8H,9H2,1-2H3,(H,21,26). The van der Waals surface area contributed by atoms with Crippen LogP contribution in [0.1, 0.15) is 11.1 Å². The molecule has 1 heterocycles. The third kappa shape index (κ3) is 4.68. The number of rotatable bonds is 6. The number of thioether (sulfide) groups is 2. The summed E-state index contributed by atoms with van der Waals surface area (Å²) in [6, 6.07) is 9.60. The van der Waals surface area contributed by atoms with Crippen LogP contribution >= 0.6 is 23.5 Å². The number of amides is 1. The molecule has 0 spiro atoms. The number of carbonyl (C=O) groups is 1. The number of anilines is 1. The van der Waals surface area contributed by atoms with E-state index < -0.39 is 5.82 Å². The second kappa shape index (κ2) is 8.86. The van der Waals surface area contributed by atoms with Crippen molar-refractivity contribution in [2.45, 2.75) is 23.9 Å². The lowest BCUT2D eigenvalue weighted by molar-refractivity contribution is -0.113. The second-order valence-corrected chi connectivity index (χ2v) is 7.62. The number of nitriles is 1. The normalized spacial score (nSPS) is 10.5. The minimum Gasteiger partial charge on any atom is -0.325 e. The van der Waals surface area contributed by atoms with Gasteiger partial charge in [-0.05, 0) is 77.5 Å². The highest BCUT2D eigenvalue weighted by Gasteiger charge is 2.14. The molecule has 0 aliphatic carbocycles. The van der Waals surface area contributed by atoms with Gasteiger partial charge in [0.05, 0.1) is 11.4 Å². The molecule has 1 aromatic heterocycles. The van der Waals surface area contributed by atoms with Crippen molar-refractivity contribution in [3.63, 3.8) is 0 Å². The Hall–Kier alpha value is -2.90. The largest absolute Gasteiger partial charge is 0.325 e. The average Bonchev–Trinajstić information content (AvgIpc) is 3.12. The highest BCUT2D eigenvalue weighted by molar-refractivity contribution is 8.03. The highest BCUT2D eigenvalue weighted by atomic mass is 32.2. The van der Waals surface area contributed by atoms with Crippen LogP contribution in [0.2, 0.25) is 0 Å². The summed E-state index contributed by atoms with van der Waals surface area (Å²) in [7, 11) is 0. The SMILES string of the molecule is Cc1cc(SC#N)cc(C)c1NC(=O)CSc1nnnn1-c1cccc(F)c1. The summed E-state index contributed by atoms with van der Waals surface area (Å²) in [6.45, 7) is 3.75. The van der Waals surface area contributed by atoms with Crippen molar-refractivity contribution in [3.8, 4) is 11.1 Å². The number of halogens is 1. The summed E-state index contributed by atoms with van der Waals surface area (Å²) in [5.74, 6) is -0.528. The van der Waals surface area contributed by atoms with Crippen LogP contribution in [0.3, 0.4) is 0 Å². The van der Waals surface area contributed by atoms with Gasteiger partial charge in [0.15, 0.2) is 0 Å². The van der Waals surface area contributed by atoms with Crippen molar-refractivity contribution in [1.29, 1.82) is 5.26 Å². The predicted octanol–water partition coefficient (Wildman–Crippen LogP) is 3.72. The maximum Gasteiger partial charge on any atom is 0.234 e. The molecule has 0 saturated heterocycles. The number of nitrogens with one attached hydrogen (secondary N) is 1. The first kappa shape index (κ1) is 19.9. The van der Waals surface area contributed by atoms with E-state index in [0.717, 1.165) is 45.2 Å². The molecule has 0 radical (unpaired) electrons. The van der Waals surface area contributed by atoms with Crippen LogP contribution in [0.5, 0.6) is 0 Å². The molecular weight excluding hydrogens is 399 g/mol. The fourth-order valence-electron chi connectivity index (χ4n) is 2.58. The molecule has 0 aliphatic heterocycles. The van der Waals surface area contributed by atoms with E-state index in [1.807, 2.05) is 31.4 Å². The van der Waals surface area contributed by atoms with Crippen molar-refractivity contribution < 1.29 is 9.18 Å². The van der Waals surface area contributed by atoms with Gasteiger partial charge in [0.25, 0.3) is 0 Å². The first-order valence-corrected chi connectivity index (χ1v) is 9.92. The Morgan fingerprint density at radius 1 is 1.29 bits per heavy atom. The molecule has 3 aromatic rings. The molecule has 142 valence electrons. The number of carbonyl (C=O) groups excluding carboxylic acids is 1. The number of thiocyanates is 1. The number of aromatic nitrogens is 4. The van der Waals surface area contributed by atoms with Crippen LogP contribution in [-0.2, 0) is 4.79 Å². The van der Waals surface area contributed by atoms with Crippen molar-refractivity contribution in [2.75, 3.05) is 11.1 Å². The fourth-order valence-corrected chi connectivity index (χ4v) is 3.84. The van der Waals surface area contributed by atoms with Gasteiger partial charge in [0.2, 0.25) is 11.1 Å². The highest BCUT2D eigenvalue weighted by Crippen LogP contribution is 2.28. The van der Waals surface area contributed by atoms with Crippen LogP contribution in [0.25, 0.3) is 5.69 Å². The summed E-state index contributed by atoms with van der Waals surface area (Å²) in [5.41, 5.74) is 2.95. The molecule has 1 N–H and O–H groups in total. The average molecular weight is 414 g/mol. The smallest absolute Gasteiger partial charge is 0.234 e. The summed E-state index contributed by atoms with van der Waals surface area (Å²) in [5, 5.41) is 25.5. The van der Waals surface area contributed by atoms with Crippen LogP contribution < -0.4 is 5.32 Å². The summed E-state index contributed by atoms with van der Waals surface area (Å²) < 4.78 is 14.8. The van der Waals surface area contributed by atoms with Gasteiger partial charge in [-0.25, -0.2) is 4.39 Å². The Balaban J connectivity index is 1.68. The number of aryl methyl sites for hydroxylation is 2. The molecule has 0 saturated carbocycles. The minimum atomic E-state index is -0.398. The molecule has 2 aromatic carbocycles. The van der Waals surface area contributed by atoms with Crippen molar-refractivity contribution in [2.24, 2.45) is 0 Å². The van der Waals surface area contributed by atoms with Gasteiger partial charge in [0.1, 0.15) is 11.2 Å². The van der Waals surface area contributed by atoms with Gasteiger partial charge in [0, 0.05) is 10.6 Å². The fraction of sp³-hybridized carbons (Fsp3) is 0.167. The lowest BCUT2D eigenvalue weighted by Gasteiger charge is -2.12. The Morgan fingerprint density at radius 2 is 2.04 bits per heavy atom. The van der Waals surface area contributed by atoms with Gasteiger partial charge in [-0.1, -0.05) is 17.8 Å². The van der Waals surface area contributed by atoms with Gasteiger partial charge in [-0.3, -0.25) is 4.79 Å². The van der Waals surface area contributed by atoms with Gasteiger partial charge < -0.3 is 5.32 Å². The Kier molecular flexibility index (Phi) is 6.28. The molecule has 0 aliphatic rings. The molecule has 28 heavy (non-hydrogen) atoms. The first-order chi connectivity index (χ1) is 13.5. The third-order valence-electron chi connectivity index (χ3n) is 3.76. The van der Waals surface area contributed by atoms with Gasteiger partial charge >= 0.3 is 0 Å². The maximum atomic E-state index is 13.4. The molecule has 3 rings (SSSR count). The van der Waals surface area contributed by atoms with Crippen LogP contribution in [0.4, 0.5) is 10.1 Å². The molecule has 0 unspecified atom stereocenters. The number of tetrazole rings is 1. The van der Waals surface area contributed by atoms with E-state index in [2.05, 4.69) is 20.8 Å². The molecule has 7 nitrogen and oxygen atoms in total. The van der Waals surface area contributed by atoms with E-state index in [-0.39, 0.29) is 11.7 Å². The Morgan fingerprint density at radius 3 is 2.71 bits per heavy atom. The third-order valence-corrected chi connectivity index (χ3v) is 5.24. The van der Waals surface area contributed by atoms with E-state index in [1.165, 1.54) is 16.8 Å². The number of nitrogens with zero attached hydrogens (tertiary/aromatic N) is 5. The van der Waals surface area contributed by atoms with E-state index in [9.17, 15) is 9.18 Å². The molecule has 10 heteroatoms. The molecular formula is C18H15FN6OS2. The minimum absolute atomic E-state index is 0.0866. The van der Waals surface area contributed by atoms with Crippen molar-refractivity contribution >= 4 is 35.1 Å².